The minimum absolute atomic E-state index is 0.0250. The van der Waals surface area contributed by atoms with E-state index >= 15 is 0 Å². The number of fused-ring (bicyclic) bond motifs is 1. The summed E-state index contributed by atoms with van der Waals surface area (Å²) in [5.41, 5.74) is 2.05. The molecular formula is C23H22N2O3S2. The molecule has 0 aliphatic rings. The van der Waals surface area contributed by atoms with Gasteiger partial charge in [0.25, 0.3) is 0 Å². The molecule has 0 radical (unpaired) electrons. The third kappa shape index (κ3) is 4.86. The number of furan rings is 1. The van der Waals surface area contributed by atoms with Crippen LogP contribution in [0.2, 0.25) is 0 Å². The fraction of sp³-hybridized carbons (Fsp3) is 0.217. The molecule has 30 heavy (non-hydrogen) atoms. The smallest absolute Gasteiger partial charge is 0.230 e. The van der Waals surface area contributed by atoms with E-state index in [2.05, 4.69) is 31.2 Å². The summed E-state index contributed by atoms with van der Waals surface area (Å²) in [6, 6.07) is 17.8. The Hall–Kier alpha value is -2.77. The fourth-order valence-corrected chi connectivity index (χ4v) is 4.79. The molecule has 0 atom stereocenters. The van der Waals surface area contributed by atoms with E-state index < -0.39 is 0 Å². The number of hydrogen-bond acceptors (Lipinski definition) is 6. The topological polar surface area (TPSA) is 55.6 Å². The fourth-order valence-electron chi connectivity index (χ4n) is 2.98. The number of hydrogen-bond donors (Lipinski definition) is 0. The Labute approximate surface area is 183 Å². The summed E-state index contributed by atoms with van der Waals surface area (Å²) in [7, 11) is 1.63. The first-order valence-corrected chi connectivity index (χ1v) is 11.4. The van der Waals surface area contributed by atoms with E-state index in [1.165, 1.54) is 16.9 Å². The first kappa shape index (κ1) is 20.5. The summed E-state index contributed by atoms with van der Waals surface area (Å²) in [5.74, 6) is 2.20. The van der Waals surface area contributed by atoms with Crippen molar-refractivity contribution in [1.29, 1.82) is 0 Å². The highest BCUT2D eigenvalue weighted by molar-refractivity contribution is 7.99. The SMILES string of the molecule is COc1ccc2sc(N(Cc3ccco3)C(=O)CCSc3ccc(C)cc3)nc2c1. The van der Waals surface area contributed by atoms with Gasteiger partial charge in [0.05, 0.1) is 30.1 Å². The third-order valence-corrected chi connectivity index (χ3v) is 6.69. The Morgan fingerprint density at radius 2 is 2.03 bits per heavy atom. The molecule has 0 spiro atoms. The van der Waals surface area contributed by atoms with Crippen LogP contribution >= 0.6 is 23.1 Å². The van der Waals surface area contributed by atoms with Crippen molar-refractivity contribution >= 4 is 44.4 Å². The lowest BCUT2D eigenvalue weighted by molar-refractivity contribution is -0.118. The van der Waals surface area contributed by atoms with Crippen LogP contribution in [0.5, 0.6) is 5.75 Å². The van der Waals surface area contributed by atoms with E-state index in [1.54, 1.807) is 30.0 Å². The minimum atomic E-state index is 0.0250. The molecule has 4 aromatic rings. The molecule has 2 heterocycles. The Balaban J connectivity index is 1.51. The highest BCUT2D eigenvalue weighted by Crippen LogP contribution is 2.32. The van der Waals surface area contributed by atoms with E-state index in [4.69, 9.17) is 14.1 Å². The number of carbonyl (C=O) groups is 1. The van der Waals surface area contributed by atoms with Crippen LogP contribution in [-0.2, 0) is 11.3 Å². The van der Waals surface area contributed by atoms with E-state index in [-0.39, 0.29) is 5.91 Å². The van der Waals surface area contributed by atoms with Crippen LogP contribution in [0.4, 0.5) is 5.13 Å². The molecule has 0 saturated carbocycles. The second-order valence-electron chi connectivity index (χ2n) is 6.80. The van der Waals surface area contributed by atoms with Crippen LogP contribution in [0.15, 0.2) is 70.2 Å². The van der Waals surface area contributed by atoms with Gasteiger partial charge in [-0.1, -0.05) is 29.0 Å². The van der Waals surface area contributed by atoms with Gasteiger partial charge in [0.2, 0.25) is 5.91 Å². The summed E-state index contributed by atoms with van der Waals surface area (Å²) < 4.78 is 11.8. The molecule has 2 aromatic heterocycles. The van der Waals surface area contributed by atoms with Crippen LogP contribution in [0.25, 0.3) is 10.2 Å². The number of benzene rings is 2. The Morgan fingerprint density at radius 1 is 1.20 bits per heavy atom. The Bertz CT molecular complexity index is 1120. The number of amides is 1. The molecule has 0 saturated heterocycles. The van der Waals surface area contributed by atoms with Crippen molar-refractivity contribution in [3.8, 4) is 5.75 Å². The van der Waals surface area contributed by atoms with Crippen molar-refractivity contribution in [2.45, 2.75) is 24.8 Å². The summed E-state index contributed by atoms with van der Waals surface area (Å²) in [5, 5.41) is 0.667. The molecule has 0 aliphatic heterocycles. The maximum atomic E-state index is 13.1. The quantitative estimate of drug-likeness (QED) is 0.320. The zero-order valence-electron chi connectivity index (χ0n) is 16.8. The highest BCUT2D eigenvalue weighted by atomic mass is 32.2. The summed E-state index contributed by atoms with van der Waals surface area (Å²) in [4.78, 5) is 20.7. The summed E-state index contributed by atoms with van der Waals surface area (Å²) in [6.45, 7) is 2.43. The van der Waals surface area contributed by atoms with Crippen molar-refractivity contribution in [1.82, 2.24) is 4.98 Å². The number of thioether (sulfide) groups is 1. The molecular weight excluding hydrogens is 416 g/mol. The van der Waals surface area contributed by atoms with Gasteiger partial charge >= 0.3 is 0 Å². The zero-order valence-corrected chi connectivity index (χ0v) is 18.5. The van der Waals surface area contributed by atoms with Crippen molar-refractivity contribution in [3.05, 3.63) is 72.2 Å². The lowest BCUT2D eigenvalue weighted by atomic mass is 10.2. The predicted octanol–water partition coefficient (Wildman–Crippen LogP) is 5.92. The lowest BCUT2D eigenvalue weighted by Gasteiger charge is -2.18. The molecule has 0 fully saturated rings. The molecule has 1 amide bonds. The van der Waals surface area contributed by atoms with Crippen molar-refractivity contribution < 1.29 is 13.9 Å². The second-order valence-corrected chi connectivity index (χ2v) is 8.98. The predicted molar refractivity (Wildman–Crippen MR) is 123 cm³/mol. The number of methoxy groups -OCH3 is 1. The van der Waals surface area contributed by atoms with Gasteiger partial charge in [-0.25, -0.2) is 4.98 Å². The van der Waals surface area contributed by atoms with E-state index in [9.17, 15) is 4.79 Å². The second kappa shape index (κ2) is 9.36. The normalized spacial score (nSPS) is 11.0. The molecule has 5 nitrogen and oxygen atoms in total. The monoisotopic (exact) mass is 438 g/mol. The maximum absolute atomic E-state index is 13.1. The zero-order chi connectivity index (χ0) is 20.9. The summed E-state index contributed by atoms with van der Waals surface area (Å²) in [6.07, 6.45) is 2.03. The number of aromatic nitrogens is 1. The number of rotatable bonds is 8. The minimum Gasteiger partial charge on any atom is -0.497 e. The van der Waals surface area contributed by atoms with Crippen LogP contribution < -0.4 is 9.64 Å². The highest BCUT2D eigenvalue weighted by Gasteiger charge is 2.21. The van der Waals surface area contributed by atoms with Crippen LogP contribution in [0.1, 0.15) is 17.7 Å². The van der Waals surface area contributed by atoms with Crippen LogP contribution in [0.3, 0.4) is 0 Å². The molecule has 0 N–H and O–H groups in total. The number of anilines is 1. The van der Waals surface area contributed by atoms with Gasteiger partial charge < -0.3 is 9.15 Å². The van der Waals surface area contributed by atoms with E-state index in [1.807, 2.05) is 30.3 Å². The van der Waals surface area contributed by atoms with Crippen molar-refractivity contribution in [3.63, 3.8) is 0 Å². The van der Waals surface area contributed by atoms with Crippen LogP contribution in [0, 0.1) is 6.92 Å². The molecule has 0 aliphatic carbocycles. The Morgan fingerprint density at radius 3 is 2.77 bits per heavy atom. The van der Waals surface area contributed by atoms with Gasteiger partial charge in [-0.05, 0) is 43.3 Å². The van der Waals surface area contributed by atoms with Gasteiger partial charge in [0, 0.05) is 23.1 Å². The molecule has 154 valence electrons. The first-order chi connectivity index (χ1) is 14.6. The van der Waals surface area contributed by atoms with Gasteiger partial charge in [0.15, 0.2) is 5.13 Å². The number of nitrogens with zero attached hydrogens (tertiary/aromatic N) is 2. The van der Waals surface area contributed by atoms with Gasteiger partial charge in [-0.15, -0.1) is 11.8 Å². The third-order valence-electron chi connectivity index (χ3n) is 4.62. The molecule has 4 rings (SSSR count). The lowest BCUT2D eigenvalue weighted by Crippen LogP contribution is -2.30. The summed E-state index contributed by atoms with van der Waals surface area (Å²) >= 11 is 3.18. The maximum Gasteiger partial charge on any atom is 0.230 e. The molecule has 0 bridgehead atoms. The van der Waals surface area contributed by atoms with Crippen molar-refractivity contribution in [2.24, 2.45) is 0 Å². The van der Waals surface area contributed by atoms with Gasteiger partial charge in [-0.3, -0.25) is 9.69 Å². The largest absolute Gasteiger partial charge is 0.497 e. The standard InChI is InChI=1S/C23H22N2O3S2/c1-16-5-8-19(9-6-16)29-13-11-22(26)25(15-18-4-3-12-28-18)23-24-20-14-17(27-2)7-10-21(20)30-23/h3-10,12,14H,11,13,15H2,1-2H3. The van der Waals surface area contributed by atoms with Crippen LogP contribution in [-0.4, -0.2) is 23.8 Å². The number of carbonyl (C=O) groups excluding carboxylic acids is 1. The van der Waals surface area contributed by atoms with E-state index in [0.29, 0.717) is 23.8 Å². The average molecular weight is 439 g/mol. The average Bonchev–Trinajstić information content (AvgIpc) is 3.42. The van der Waals surface area contributed by atoms with E-state index in [0.717, 1.165) is 26.6 Å². The molecule has 0 unspecified atom stereocenters. The first-order valence-electron chi connectivity index (χ1n) is 9.59. The number of ether oxygens (including phenoxy) is 1. The van der Waals surface area contributed by atoms with Gasteiger partial charge in [-0.2, -0.15) is 0 Å². The number of aryl methyl sites for hydroxylation is 1. The van der Waals surface area contributed by atoms with Crippen molar-refractivity contribution in [2.75, 3.05) is 17.8 Å². The van der Waals surface area contributed by atoms with Gasteiger partial charge in [0.1, 0.15) is 11.5 Å². The number of thiazole rings is 1. The molecule has 7 heteroatoms. The Kier molecular flexibility index (Phi) is 6.40. The molecule has 2 aromatic carbocycles.